The molecule has 0 saturated carbocycles. The Morgan fingerprint density at radius 3 is 2.74 bits per heavy atom. The average molecular weight is 399 g/mol. The Balaban J connectivity index is 1.50. The molecule has 0 unspecified atom stereocenters. The molecule has 0 fully saturated rings. The number of hydrogen-bond acceptors (Lipinski definition) is 6. The summed E-state index contributed by atoms with van der Waals surface area (Å²) in [7, 11) is 0. The number of ketones is 1. The van der Waals surface area contributed by atoms with Crippen LogP contribution in [0.25, 0.3) is 10.2 Å². The van der Waals surface area contributed by atoms with Crippen molar-refractivity contribution >= 4 is 39.1 Å². The first-order chi connectivity index (χ1) is 13.1. The van der Waals surface area contributed by atoms with Crippen molar-refractivity contribution in [3.8, 4) is 5.75 Å². The zero-order chi connectivity index (χ0) is 18.8. The van der Waals surface area contributed by atoms with Gasteiger partial charge in [0, 0.05) is 15.8 Å². The number of Topliss-reactive ketones (excluding diaryl/α,β-unsaturated/α-hetero) is 1. The van der Waals surface area contributed by atoms with Crippen LogP contribution in [0.1, 0.15) is 47.5 Å². The van der Waals surface area contributed by atoms with E-state index in [1.807, 2.05) is 38.1 Å². The number of hydrogen-bond donors (Lipinski definition) is 0. The zero-order valence-electron chi connectivity index (χ0n) is 15.5. The number of fused-ring (bicyclic) bond motifs is 3. The van der Waals surface area contributed by atoms with Crippen molar-refractivity contribution in [2.75, 3.05) is 5.75 Å². The Hall–Kier alpha value is -1.92. The number of thiophene rings is 1. The number of rotatable bonds is 6. The summed E-state index contributed by atoms with van der Waals surface area (Å²) in [4.78, 5) is 24.1. The Bertz CT molecular complexity index is 964. The first-order valence-electron chi connectivity index (χ1n) is 9.30. The second-order valence-electron chi connectivity index (χ2n) is 6.97. The standard InChI is InChI=1S/C21H22N2O2S2/c1-13(2)25-15-9-7-14(8-10-15)17(24)11-26-20-19-16-5-3-4-6-18(16)27-21(19)23-12-22-20/h7-10,12-13H,3-6,11H2,1-2H3. The van der Waals surface area contributed by atoms with Gasteiger partial charge in [0.15, 0.2) is 5.78 Å². The summed E-state index contributed by atoms with van der Waals surface area (Å²) in [5.74, 6) is 1.27. The molecule has 140 valence electrons. The molecule has 0 aliphatic heterocycles. The van der Waals surface area contributed by atoms with Gasteiger partial charge in [-0.25, -0.2) is 9.97 Å². The minimum atomic E-state index is 0.104. The van der Waals surface area contributed by atoms with E-state index in [2.05, 4.69) is 9.97 Å². The lowest BCUT2D eigenvalue weighted by Gasteiger charge is -2.11. The fourth-order valence-electron chi connectivity index (χ4n) is 3.38. The zero-order valence-corrected chi connectivity index (χ0v) is 17.2. The van der Waals surface area contributed by atoms with E-state index >= 15 is 0 Å². The van der Waals surface area contributed by atoms with Crippen molar-refractivity contribution in [1.82, 2.24) is 9.97 Å². The van der Waals surface area contributed by atoms with Gasteiger partial charge in [-0.2, -0.15) is 0 Å². The molecule has 1 aliphatic rings. The highest BCUT2D eigenvalue weighted by molar-refractivity contribution is 8.00. The molecule has 0 atom stereocenters. The van der Waals surface area contributed by atoms with Gasteiger partial charge >= 0.3 is 0 Å². The van der Waals surface area contributed by atoms with Crippen molar-refractivity contribution in [1.29, 1.82) is 0 Å². The topological polar surface area (TPSA) is 52.1 Å². The van der Waals surface area contributed by atoms with Gasteiger partial charge < -0.3 is 4.74 Å². The van der Waals surface area contributed by atoms with Gasteiger partial charge in [0.2, 0.25) is 0 Å². The van der Waals surface area contributed by atoms with Crippen LogP contribution in [0.3, 0.4) is 0 Å². The summed E-state index contributed by atoms with van der Waals surface area (Å²) in [6.07, 6.45) is 6.46. The van der Waals surface area contributed by atoms with Crippen LogP contribution in [0, 0.1) is 0 Å². The van der Waals surface area contributed by atoms with Gasteiger partial charge in [-0.1, -0.05) is 11.8 Å². The minimum absolute atomic E-state index is 0.104. The van der Waals surface area contributed by atoms with Gasteiger partial charge in [-0.05, 0) is 69.4 Å². The SMILES string of the molecule is CC(C)Oc1ccc(C(=O)CSc2ncnc3sc4c(c23)CCCC4)cc1. The van der Waals surface area contributed by atoms with Crippen LogP contribution in [0.15, 0.2) is 35.6 Å². The predicted octanol–water partition coefficient (Wildman–Crippen LogP) is 5.33. The van der Waals surface area contributed by atoms with Crippen molar-refractivity contribution in [2.45, 2.75) is 50.7 Å². The quantitative estimate of drug-likeness (QED) is 0.319. The number of aryl methyl sites for hydroxylation is 2. The fraction of sp³-hybridized carbons (Fsp3) is 0.381. The monoisotopic (exact) mass is 398 g/mol. The highest BCUT2D eigenvalue weighted by Crippen LogP contribution is 2.39. The summed E-state index contributed by atoms with van der Waals surface area (Å²) < 4.78 is 5.64. The summed E-state index contributed by atoms with van der Waals surface area (Å²) >= 11 is 3.31. The molecule has 4 nitrogen and oxygen atoms in total. The maximum atomic E-state index is 12.6. The molecule has 0 N–H and O–H groups in total. The number of ether oxygens (including phenoxy) is 1. The first kappa shape index (κ1) is 18.4. The molecule has 0 radical (unpaired) electrons. The smallest absolute Gasteiger partial charge is 0.173 e. The van der Waals surface area contributed by atoms with Gasteiger partial charge in [-0.15, -0.1) is 11.3 Å². The molecule has 0 amide bonds. The maximum absolute atomic E-state index is 12.6. The normalized spacial score (nSPS) is 13.7. The van der Waals surface area contributed by atoms with Crippen LogP contribution < -0.4 is 4.74 Å². The fourth-order valence-corrected chi connectivity index (χ4v) is 5.59. The third-order valence-electron chi connectivity index (χ3n) is 4.60. The second kappa shape index (κ2) is 7.98. The Morgan fingerprint density at radius 1 is 1.19 bits per heavy atom. The van der Waals surface area contributed by atoms with Gasteiger partial charge in [-0.3, -0.25) is 4.79 Å². The number of carbonyl (C=O) groups is 1. The first-order valence-corrected chi connectivity index (χ1v) is 11.1. The largest absolute Gasteiger partial charge is 0.491 e. The third kappa shape index (κ3) is 4.01. The maximum Gasteiger partial charge on any atom is 0.173 e. The summed E-state index contributed by atoms with van der Waals surface area (Å²) in [6, 6.07) is 7.39. The number of nitrogens with zero attached hydrogens (tertiary/aromatic N) is 2. The molecule has 1 aromatic carbocycles. The van der Waals surface area contributed by atoms with E-state index < -0.39 is 0 Å². The lowest BCUT2D eigenvalue weighted by Crippen LogP contribution is -2.06. The molecule has 0 spiro atoms. The van der Waals surface area contributed by atoms with E-state index in [0.717, 1.165) is 28.4 Å². The lowest BCUT2D eigenvalue weighted by atomic mass is 9.97. The highest BCUT2D eigenvalue weighted by atomic mass is 32.2. The summed E-state index contributed by atoms with van der Waals surface area (Å²) in [6.45, 7) is 3.97. The molecule has 0 saturated heterocycles. The van der Waals surface area contributed by atoms with Crippen LogP contribution in [-0.4, -0.2) is 27.6 Å². The lowest BCUT2D eigenvalue weighted by molar-refractivity contribution is 0.102. The average Bonchev–Trinajstić information content (AvgIpc) is 3.05. The summed E-state index contributed by atoms with van der Waals surface area (Å²) in [5.41, 5.74) is 2.11. The molecular weight excluding hydrogens is 376 g/mol. The third-order valence-corrected chi connectivity index (χ3v) is 6.79. The summed E-state index contributed by atoms with van der Waals surface area (Å²) in [5, 5.41) is 2.11. The molecule has 3 aromatic rings. The van der Waals surface area contributed by atoms with Crippen molar-refractivity contribution in [3.05, 3.63) is 46.6 Å². The van der Waals surface area contributed by atoms with Crippen molar-refractivity contribution in [3.63, 3.8) is 0 Å². The van der Waals surface area contributed by atoms with Crippen LogP contribution in [0.2, 0.25) is 0 Å². The number of benzene rings is 1. The van der Waals surface area contributed by atoms with Crippen LogP contribution in [0.4, 0.5) is 0 Å². The molecular formula is C21H22N2O2S2. The molecule has 2 heterocycles. The van der Waals surface area contributed by atoms with E-state index in [1.165, 1.54) is 40.4 Å². The predicted molar refractivity (Wildman–Crippen MR) is 111 cm³/mol. The molecule has 6 heteroatoms. The number of thioether (sulfide) groups is 1. The Labute approximate surface area is 167 Å². The van der Waals surface area contributed by atoms with E-state index in [9.17, 15) is 4.79 Å². The van der Waals surface area contributed by atoms with E-state index in [-0.39, 0.29) is 11.9 Å². The van der Waals surface area contributed by atoms with Gasteiger partial charge in [0.05, 0.1) is 11.9 Å². The molecule has 27 heavy (non-hydrogen) atoms. The van der Waals surface area contributed by atoms with Crippen LogP contribution >= 0.6 is 23.1 Å². The minimum Gasteiger partial charge on any atom is -0.491 e. The molecule has 0 bridgehead atoms. The molecule has 2 aromatic heterocycles. The van der Waals surface area contributed by atoms with E-state index in [1.54, 1.807) is 17.7 Å². The Morgan fingerprint density at radius 2 is 1.96 bits per heavy atom. The molecule has 1 aliphatic carbocycles. The van der Waals surface area contributed by atoms with Crippen LogP contribution in [-0.2, 0) is 12.8 Å². The van der Waals surface area contributed by atoms with Crippen molar-refractivity contribution < 1.29 is 9.53 Å². The number of aromatic nitrogens is 2. The van der Waals surface area contributed by atoms with E-state index in [4.69, 9.17) is 4.74 Å². The number of carbonyl (C=O) groups excluding carboxylic acids is 1. The second-order valence-corrected chi connectivity index (χ2v) is 9.02. The van der Waals surface area contributed by atoms with Crippen LogP contribution in [0.5, 0.6) is 5.75 Å². The van der Waals surface area contributed by atoms with Gasteiger partial charge in [0.1, 0.15) is 21.9 Å². The van der Waals surface area contributed by atoms with E-state index in [0.29, 0.717) is 11.3 Å². The Kier molecular flexibility index (Phi) is 5.45. The van der Waals surface area contributed by atoms with Crippen molar-refractivity contribution in [2.24, 2.45) is 0 Å². The highest BCUT2D eigenvalue weighted by Gasteiger charge is 2.20. The molecule has 4 rings (SSSR count). The van der Waals surface area contributed by atoms with Gasteiger partial charge in [0.25, 0.3) is 0 Å².